The van der Waals surface area contributed by atoms with E-state index < -0.39 is 21.1 Å². The maximum absolute atomic E-state index is 11.6. The third-order valence-electron chi connectivity index (χ3n) is 2.64. The predicted molar refractivity (Wildman–Crippen MR) is 53.6 cm³/mol. The molecule has 5 heteroatoms. The number of isocyanates is 1. The number of sulfone groups is 1. The van der Waals surface area contributed by atoms with E-state index in [0.717, 1.165) is 0 Å². The van der Waals surface area contributed by atoms with Crippen LogP contribution in [0.4, 0.5) is 0 Å². The quantitative estimate of drug-likeness (QED) is 0.521. The van der Waals surface area contributed by atoms with Crippen molar-refractivity contribution in [3.05, 3.63) is 0 Å². The summed E-state index contributed by atoms with van der Waals surface area (Å²) in [6.07, 6.45) is 2.78. The lowest BCUT2D eigenvalue weighted by Crippen LogP contribution is -2.33. The van der Waals surface area contributed by atoms with Gasteiger partial charge in [-0.2, -0.15) is 0 Å². The van der Waals surface area contributed by atoms with E-state index in [1.54, 1.807) is 0 Å². The fourth-order valence-electron chi connectivity index (χ4n) is 1.92. The molecule has 1 heterocycles. The van der Waals surface area contributed by atoms with E-state index in [1.165, 1.54) is 6.08 Å². The molecule has 0 saturated carbocycles. The lowest BCUT2D eigenvalue weighted by atomic mass is 9.99. The van der Waals surface area contributed by atoms with Crippen molar-refractivity contribution in [1.29, 1.82) is 0 Å². The summed E-state index contributed by atoms with van der Waals surface area (Å²) in [7, 11) is -3.03. The van der Waals surface area contributed by atoms with Gasteiger partial charge in [0.05, 0.1) is 17.0 Å². The Morgan fingerprint density at radius 3 is 2.43 bits per heavy atom. The first-order valence-electron chi connectivity index (χ1n) is 4.77. The van der Waals surface area contributed by atoms with Crippen molar-refractivity contribution in [1.82, 2.24) is 0 Å². The number of carbonyl (C=O) groups excluding carboxylic acids is 1. The Morgan fingerprint density at radius 2 is 2.07 bits per heavy atom. The van der Waals surface area contributed by atoms with E-state index >= 15 is 0 Å². The third kappa shape index (κ3) is 2.22. The van der Waals surface area contributed by atoms with Crippen LogP contribution in [0.5, 0.6) is 0 Å². The topological polar surface area (TPSA) is 63.6 Å². The van der Waals surface area contributed by atoms with Gasteiger partial charge in [0.25, 0.3) is 0 Å². The summed E-state index contributed by atoms with van der Waals surface area (Å²) in [6, 6.07) is -0.417. The molecule has 0 aromatic carbocycles. The van der Waals surface area contributed by atoms with E-state index in [9.17, 15) is 13.2 Å². The Morgan fingerprint density at radius 1 is 1.43 bits per heavy atom. The van der Waals surface area contributed by atoms with Crippen LogP contribution in [0.3, 0.4) is 0 Å². The minimum Gasteiger partial charge on any atom is -0.228 e. The molecule has 1 unspecified atom stereocenters. The van der Waals surface area contributed by atoms with Crippen LogP contribution in [-0.2, 0) is 14.6 Å². The molecule has 1 rings (SSSR count). The summed E-state index contributed by atoms with van der Waals surface area (Å²) in [5.41, 5.74) is 0. The molecule has 1 fully saturated rings. The standard InChI is InChI=1S/C9H15NO3S/c1-7(2)9(10-6-11)8-4-3-5-14(8,12)13/h7-9H,3-5H2,1-2H3/t8?,9-/m0/s1. The van der Waals surface area contributed by atoms with E-state index in [1.807, 2.05) is 13.8 Å². The maximum Gasteiger partial charge on any atom is 0.235 e. The van der Waals surface area contributed by atoms with Gasteiger partial charge in [0, 0.05) is 0 Å². The van der Waals surface area contributed by atoms with E-state index in [2.05, 4.69) is 4.99 Å². The van der Waals surface area contributed by atoms with Crippen molar-refractivity contribution >= 4 is 15.9 Å². The van der Waals surface area contributed by atoms with Crippen LogP contribution in [0.15, 0.2) is 4.99 Å². The van der Waals surface area contributed by atoms with Crippen molar-refractivity contribution in [2.45, 2.75) is 38.0 Å². The highest BCUT2D eigenvalue weighted by Gasteiger charge is 2.38. The van der Waals surface area contributed by atoms with Crippen LogP contribution in [0, 0.1) is 5.92 Å². The van der Waals surface area contributed by atoms with Gasteiger partial charge in [0.15, 0.2) is 9.84 Å². The van der Waals surface area contributed by atoms with Gasteiger partial charge in [-0.3, -0.25) is 0 Å². The van der Waals surface area contributed by atoms with Crippen LogP contribution in [-0.4, -0.2) is 31.5 Å². The van der Waals surface area contributed by atoms with Gasteiger partial charge in [0.2, 0.25) is 6.08 Å². The highest BCUT2D eigenvalue weighted by molar-refractivity contribution is 7.92. The second kappa shape index (κ2) is 4.24. The molecule has 4 nitrogen and oxygen atoms in total. The minimum atomic E-state index is -3.03. The molecule has 0 aromatic rings. The summed E-state index contributed by atoms with van der Waals surface area (Å²) in [5.74, 6) is 0.296. The van der Waals surface area contributed by atoms with Crippen molar-refractivity contribution < 1.29 is 13.2 Å². The molecule has 0 spiro atoms. The number of nitrogens with zero attached hydrogens (tertiary/aromatic N) is 1. The Bertz CT molecular complexity index is 341. The zero-order valence-electron chi connectivity index (χ0n) is 8.43. The molecule has 80 valence electrons. The fraction of sp³-hybridized carbons (Fsp3) is 0.889. The molecule has 0 N–H and O–H groups in total. The van der Waals surface area contributed by atoms with Gasteiger partial charge < -0.3 is 0 Å². The zero-order valence-corrected chi connectivity index (χ0v) is 9.25. The summed E-state index contributed by atoms with van der Waals surface area (Å²) in [4.78, 5) is 13.8. The molecule has 0 aliphatic carbocycles. The third-order valence-corrected chi connectivity index (χ3v) is 4.94. The van der Waals surface area contributed by atoms with Gasteiger partial charge in [-0.1, -0.05) is 13.8 Å². The fourth-order valence-corrected chi connectivity index (χ4v) is 4.12. The van der Waals surface area contributed by atoms with Gasteiger partial charge >= 0.3 is 0 Å². The van der Waals surface area contributed by atoms with Crippen LogP contribution in [0.25, 0.3) is 0 Å². The highest BCUT2D eigenvalue weighted by atomic mass is 32.2. The average Bonchev–Trinajstić information content (AvgIpc) is 2.40. The molecule has 1 aliphatic rings. The molecule has 1 aliphatic heterocycles. The van der Waals surface area contributed by atoms with Crippen LogP contribution in [0.1, 0.15) is 26.7 Å². The van der Waals surface area contributed by atoms with E-state index in [-0.39, 0.29) is 11.7 Å². The van der Waals surface area contributed by atoms with Gasteiger partial charge in [-0.25, -0.2) is 18.2 Å². The van der Waals surface area contributed by atoms with Crippen molar-refractivity contribution in [2.75, 3.05) is 5.75 Å². The summed E-state index contributed by atoms with van der Waals surface area (Å²) >= 11 is 0. The first-order valence-corrected chi connectivity index (χ1v) is 6.49. The molecule has 1 saturated heterocycles. The monoisotopic (exact) mass is 217 g/mol. The van der Waals surface area contributed by atoms with E-state index in [0.29, 0.717) is 12.8 Å². The second-order valence-corrected chi connectivity index (χ2v) is 6.34. The smallest absolute Gasteiger partial charge is 0.228 e. The molecule has 14 heavy (non-hydrogen) atoms. The normalized spacial score (nSPS) is 27.2. The Kier molecular flexibility index (Phi) is 3.45. The highest BCUT2D eigenvalue weighted by Crippen LogP contribution is 2.28. The molecular weight excluding hydrogens is 202 g/mol. The second-order valence-electron chi connectivity index (χ2n) is 4.00. The number of rotatable bonds is 3. The number of hydrogen-bond acceptors (Lipinski definition) is 4. The molecule has 0 aromatic heterocycles. The Labute approximate surface area is 84.3 Å². The summed E-state index contributed by atoms with van der Waals surface area (Å²) < 4.78 is 23.2. The van der Waals surface area contributed by atoms with E-state index in [4.69, 9.17) is 0 Å². The van der Waals surface area contributed by atoms with Gasteiger partial charge in [0.1, 0.15) is 0 Å². The lowest BCUT2D eigenvalue weighted by molar-refractivity contribution is 0.452. The molecule has 0 amide bonds. The number of aliphatic imine (C=N–C) groups is 1. The first-order chi connectivity index (χ1) is 6.49. The first kappa shape index (κ1) is 11.4. The Hall–Kier alpha value is -0.670. The average molecular weight is 217 g/mol. The number of hydrogen-bond donors (Lipinski definition) is 0. The summed E-state index contributed by atoms with van der Waals surface area (Å²) in [5, 5.41) is -0.469. The van der Waals surface area contributed by atoms with Crippen LogP contribution in [0.2, 0.25) is 0 Å². The SMILES string of the molecule is CC(C)[C@H](N=C=O)C1CCCS1(=O)=O. The van der Waals surface area contributed by atoms with Gasteiger partial charge in [-0.05, 0) is 18.8 Å². The van der Waals surface area contributed by atoms with Crippen molar-refractivity contribution in [3.8, 4) is 0 Å². The molecular formula is C9H15NO3S. The van der Waals surface area contributed by atoms with Crippen molar-refractivity contribution in [2.24, 2.45) is 10.9 Å². The lowest BCUT2D eigenvalue weighted by Gasteiger charge is -2.20. The molecule has 0 radical (unpaired) electrons. The van der Waals surface area contributed by atoms with Crippen molar-refractivity contribution in [3.63, 3.8) is 0 Å². The van der Waals surface area contributed by atoms with Crippen LogP contribution >= 0.6 is 0 Å². The minimum absolute atomic E-state index is 0.0642. The van der Waals surface area contributed by atoms with Gasteiger partial charge in [-0.15, -0.1) is 0 Å². The summed E-state index contributed by atoms with van der Waals surface area (Å²) in [6.45, 7) is 3.75. The maximum atomic E-state index is 11.6. The largest absolute Gasteiger partial charge is 0.235 e. The molecule has 0 bridgehead atoms. The Balaban J connectivity index is 2.94. The zero-order chi connectivity index (χ0) is 10.8. The predicted octanol–water partition coefficient (Wildman–Crippen LogP) is 0.924. The molecule has 2 atom stereocenters. The van der Waals surface area contributed by atoms with Crippen LogP contribution < -0.4 is 0 Å².